The van der Waals surface area contributed by atoms with E-state index in [0.29, 0.717) is 6.42 Å². The number of aromatic nitrogens is 1. The summed E-state index contributed by atoms with van der Waals surface area (Å²) >= 11 is 0. The number of aromatic amines is 1. The summed E-state index contributed by atoms with van der Waals surface area (Å²) in [5.74, 6) is 1.14. The Morgan fingerprint density at radius 1 is 1.36 bits per heavy atom. The molecule has 0 radical (unpaired) electrons. The fourth-order valence-electron chi connectivity index (χ4n) is 4.72. The van der Waals surface area contributed by atoms with Gasteiger partial charge in [-0.3, -0.25) is 9.79 Å². The van der Waals surface area contributed by atoms with Crippen molar-refractivity contribution >= 4 is 46.7 Å². The molecule has 1 unspecified atom stereocenters. The molecule has 0 bridgehead atoms. The highest BCUT2D eigenvalue weighted by molar-refractivity contribution is 14.0. The summed E-state index contributed by atoms with van der Waals surface area (Å²) in [7, 11) is 1.85. The van der Waals surface area contributed by atoms with Gasteiger partial charge in [-0.25, -0.2) is 0 Å². The lowest BCUT2D eigenvalue weighted by atomic mass is 9.79. The van der Waals surface area contributed by atoms with Crippen LogP contribution in [-0.2, 0) is 11.2 Å². The van der Waals surface area contributed by atoms with Crippen LogP contribution in [0.15, 0.2) is 29.3 Å². The largest absolute Gasteiger partial charge is 0.358 e. The molecule has 1 atom stereocenters. The number of aliphatic imine (C=N–C) groups is 1. The fraction of sp³-hybridized carbons (Fsp3) is 0.524. The van der Waals surface area contributed by atoms with Crippen LogP contribution in [0, 0.1) is 12.3 Å². The molecule has 2 saturated heterocycles. The molecular formula is C21H30IN5O. The van der Waals surface area contributed by atoms with Crippen molar-refractivity contribution < 1.29 is 4.79 Å². The third-order valence-corrected chi connectivity index (χ3v) is 6.05. The lowest BCUT2D eigenvalue weighted by Crippen LogP contribution is -2.51. The number of nitrogens with zero attached hydrogens (tertiary/aromatic N) is 2. The Balaban J connectivity index is 0.00000225. The van der Waals surface area contributed by atoms with Gasteiger partial charge in [-0.1, -0.05) is 18.2 Å². The summed E-state index contributed by atoms with van der Waals surface area (Å²) in [4.78, 5) is 22.0. The predicted molar refractivity (Wildman–Crippen MR) is 124 cm³/mol. The summed E-state index contributed by atoms with van der Waals surface area (Å²) in [5, 5.41) is 7.86. The SMILES string of the molecule is CN=C(NCCc1c(C)[nH]c2ccccc12)N1CCCC2(CNC(=O)C2)C1.I. The standard InChI is InChI=1S/C21H29N5O.HI/c1-15-16(17-6-3-4-7-18(17)25-15)8-10-23-20(22-2)26-11-5-9-21(14-26)12-19(27)24-13-21;/h3-4,6-7,25H,5,8-14H2,1-2H3,(H,22,23)(H,24,27);1H. The third kappa shape index (κ3) is 4.14. The second kappa shape index (κ2) is 8.71. The van der Waals surface area contributed by atoms with Gasteiger partial charge < -0.3 is 20.5 Å². The van der Waals surface area contributed by atoms with Crippen LogP contribution >= 0.6 is 24.0 Å². The molecule has 152 valence electrons. The maximum absolute atomic E-state index is 11.7. The van der Waals surface area contributed by atoms with Gasteiger partial charge in [0.25, 0.3) is 0 Å². The number of para-hydroxylation sites is 1. The molecule has 4 rings (SSSR count). The number of benzene rings is 1. The molecule has 1 spiro atoms. The van der Waals surface area contributed by atoms with Crippen LogP contribution in [0.4, 0.5) is 0 Å². The molecule has 6 nitrogen and oxygen atoms in total. The monoisotopic (exact) mass is 495 g/mol. The van der Waals surface area contributed by atoms with Crippen LogP contribution in [0.2, 0.25) is 0 Å². The minimum atomic E-state index is 0. The molecule has 28 heavy (non-hydrogen) atoms. The van der Waals surface area contributed by atoms with Crippen molar-refractivity contribution in [3.05, 3.63) is 35.5 Å². The number of fused-ring (bicyclic) bond motifs is 1. The summed E-state index contributed by atoms with van der Waals surface area (Å²) < 4.78 is 0. The number of nitrogens with one attached hydrogen (secondary N) is 3. The van der Waals surface area contributed by atoms with Crippen molar-refractivity contribution in [2.45, 2.75) is 32.6 Å². The number of aryl methyl sites for hydroxylation is 1. The molecule has 0 saturated carbocycles. The summed E-state index contributed by atoms with van der Waals surface area (Å²) in [6, 6.07) is 8.47. The molecule has 1 amide bonds. The van der Waals surface area contributed by atoms with Gasteiger partial charge in [-0.15, -0.1) is 24.0 Å². The second-order valence-corrected chi connectivity index (χ2v) is 7.98. The number of piperidine rings is 1. The van der Waals surface area contributed by atoms with E-state index in [1.807, 2.05) is 7.05 Å². The van der Waals surface area contributed by atoms with Crippen LogP contribution in [0.5, 0.6) is 0 Å². The maximum Gasteiger partial charge on any atom is 0.220 e. The average molecular weight is 495 g/mol. The van der Waals surface area contributed by atoms with E-state index in [4.69, 9.17) is 0 Å². The number of hydrogen-bond donors (Lipinski definition) is 3. The molecule has 2 aromatic rings. The van der Waals surface area contributed by atoms with E-state index >= 15 is 0 Å². The van der Waals surface area contributed by atoms with Gasteiger partial charge in [0.2, 0.25) is 5.91 Å². The van der Waals surface area contributed by atoms with Crippen LogP contribution < -0.4 is 10.6 Å². The minimum absolute atomic E-state index is 0. The molecule has 1 aromatic heterocycles. The van der Waals surface area contributed by atoms with Crippen molar-refractivity contribution in [2.75, 3.05) is 33.2 Å². The number of likely N-dealkylation sites (tertiary alicyclic amines) is 1. The summed E-state index contributed by atoms with van der Waals surface area (Å²) in [6.07, 6.45) is 3.83. The maximum atomic E-state index is 11.7. The van der Waals surface area contributed by atoms with Crippen LogP contribution in [0.3, 0.4) is 0 Å². The van der Waals surface area contributed by atoms with E-state index in [2.05, 4.69) is 56.7 Å². The van der Waals surface area contributed by atoms with Gasteiger partial charge in [0.05, 0.1) is 0 Å². The quantitative estimate of drug-likeness (QED) is 0.349. The van der Waals surface area contributed by atoms with Gasteiger partial charge in [0.1, 0.15) is 0 Å². The van der Waals surface area contributed by atoms with E-state index < -0.39 is 0 Å². The Morgan fingerprint density at radius 3 is 2.93 bits per heavy atom. The van der Waals surface area contributed by atoms with Crippen molar-refractivity contribution in [3.63, 3.8) is 0 Å². The molecule has 1 aromatic carbocycles. The van der Waals surface area contributed by atoms with Crippen molar-refractivity contribution in [1.82, 2.24) is 20.5 Å². The molecule has 3 N–H and O–H groups in total. The highest BCUT2D eigenvalue weighted by atomic mass is 127. The lowest BCUT2D eigenvalue weighted by molar-refractivity contribution is -0.119. The van der Waals surface area contributed by atoms with Gasteiger partial charge >= 0.3 is 0 Å². The zero-order valence-corrected chi connectivity index (χ0v) is 19.0. The van der Waals surface area contributed by atoms with Crippen molar-refractivity contribution in [2.24, 2.45) is 10.4 Å². The fourth-order valence-corrected chi connectivity index (χ4v) is 4.72. The van der Waals surface area contributed by atoms with Gasteiger partial charge in [0, 0.05) is 61.7 Å². The molecule has 2 aliphatic rings. The van der Waals surface area contributed by atoms with Crippen LogP contribution in [-0.4, -0.2) is 55.0 Å². The van der Waals surface area contributed by atoms with Gasteiger partial charge in [-0.05, 0) is 37.8 Å². The van der Waals surface area contributed by atoms with E-state index in [9.17, 15) is 4.79 Å². The first-order valence-electron chi connectivity index (χ1n) is 9.89. The first-order valence-corrected chi connectivity index (χ1v) is 9.89. The number of carbonyl (C=O) groups is 1. The van der Waals surface area contributed by atoms with Gasteiger partial charge in [0.15, 0.2) is 5.96 Å². The molecule has 3 heterocycles. The number of rotatable bonds is 3. The number of amides is 1. The number of H-pyrrole nitrogens is 1. The first kappa shape index (κ1) is 21.0. The Labute approximate surface area is 183 Å². The second-order valence-electron chi connectivity index (χ2n) is 7.98. The van der Waals surface area contributed by atoms with E-state index in [-0.39, 0.29) is 35.3 Å². The van der Waals surface area contributed by atoms with Crippen LogP contribution in [0.1, 0.15) is 30.5 Å². The van der Waals surface area contributed by atoms with E-state index in [1.54, 1.807) is 0 Å². The first-order chi connectivity index (χ1) is 13.1. The molecule has 7 heteroatoms. The summed E-state index contributed by atoms with van der Waals surface area (Å²) in [5.41, 5.74) is 3.89. The average Bonchev–Trinajstić information content (AvgIpc) is 3.18. The molecule has 2 fully saturated rings. The Hall–Kier alpha value is -1.77. The van der Waals surface area contributed by atoms with Crippen LogP contribution in [0.25, 0.3) is 10.9 Å². The van der Waals surface area contributed by atoms with E-state index in [1.165, 1.54) is 22.2 Å². The topological polar surface area (TPSA) is 72.5 Å². The highest BCUT2D eigenvalue weighted by Crippen LogP contribution is 2.36. The Bertz CT molecular complexity index is 877. The number of halogens is 1. The van der Waals surface area contributed by atoms with Crippen molar-refractivity contribution in [1.29, 1.82) is 0 Å². The number of guanidine groups is 1. The van der Waals surface area contributed by atoms with Gasteiger partial charge in [-0.2, -0.15) is 0 Å². The number of carbonyl (C=O) groups excluding carboxylic acids is 1. The molecular weight excluding hydrogens is 465 g/mol. The predicted octanol–water partition coefficient (Wildman–Crippen LogP) is 2.81. The van der Waals surface area contributed by atoms with Crippen molar-refractivity contribution in [3.8, 4) is 0 Å². The zero-order valence-electron chi connectivity index (χ0n) is 16.7. The minimum Gasteiger partial charge on any atom is -0.358 e. The normalized spacial score (nSPS) is 22.4. The number of hydrogen-bond acceptors (Lipinski definition) is 2. The Morgan fingerprint density at radius 2 is 2.18 bits per heavy atom. The molecule has 2 aliphatic heterocycles. The third-order valence-electron chi connectivity index (χ3n) is 6.05. The smallest absolute Gasteiger partial charge is 0.220 e. The zero-order chi connectivity index (χ0) is 18.9. The summed E-state index contributed by atoms with van der Waals surface area (Å²) in [6.45, 7) is 5.69. The highest BCUT2D eigenvalue weighted by Gasteiger charge is 2.42. The van der Waals surface area contributed by atoms with E-state index in [0.717, 1.165) is 51.4 Å². The Kier molecular flexibility index (Phi) is 6.52. The lowest BCUT2D eigenvalue weighted by Gasteiger charge is -2.40. The molecule has 0 aliphatic carbocycles.